The summed E-state index contributed by atoms with van der Waals surface area (Å²) >= 11 is 0. The van der Waals surface area contributed by atoms with Crippen molar-refractivity contribution in [3.8, 4) is 17.1 Å². The van der Waals surface area contributed by atoms with Crippen LogP contribution >= 0.6 is 0 Å². The van der Waals surface area contributed by atoms with Gasteiger partial charge in [0.15, 0.2) is 12.2 Å². The smallest absolute Gasteiger partial charge is 0.181 e. The van der Waals surface area contributed by atoms with E-state index in [-0.39, 0.29) is 0 Å². The first-order chi connectivity index (χ1) is 14.8. The van der Waals surface area contributed by atoms with Crippen LogP contribution in [0.3, 0.4) is 0 Å². The molecule has 0 amide bonds. The molecular formula is C26H22N2O2. The van der Waals surface area contributed by atoms with Crippen LogP contribution in [0.1, 0.15) is 11.1 Å². The zero-order valence-electron chi connectivity index (χ0n) is 16.8. The highest BCUT2D eigenvalue weighted by molar-refractivity contribution is 6.02. The van der Waals surface area contributed by atoms with Crippen LogP contribution < -0.4 is 10.1 Å². The summed E-state index contributed by atoms with van der Waals surface area (Å²) in [4.78, 5) is 3.99. The second-order valence-electron chi connectivity index (χ2n) is 7.30. The third kappa shape index (κ3) is 3.42. The lowest BCUT2D eigenvalue weighted by Crippen LogP contribution is -2.13. The summed E-state index contributed by atoms with van der Waals surface area (Å²) in [6, 6.07) is 25.6. The van der Waals surface area contributed by atoms with Crippen LogP contribution in [0, 0.1) is 0 Å². The van der Waals surface area contributed by atoms with E-state index >= 15 is 0 Å². The molecule has 0 saturated carbocycles. The summed E-state index contributed by atoms with van der Waals surface area (Å²) in [6.45, 7) is 1.53. The average molecular weight is 394 g/mol. The Kier molecular flexibility index (Phi) is 4.91. The summed E-state index contributed by atoms with van der Waals surface area (Å²) in [5.41, 5.74) is 3.38. The number of methoxy groups -OCH3 is 1. The number of rotatable bonds is 6. The Morgan fingerprint density at radius 3 is 2.27 bits per heavy atom. The molecule has 5 aromatic rings. The molecule has 0 aliphatic carbocycles. The van der Waals surface area contributed by atoms with Gasteiger partial charge in [0, 0.05) is 13.1 Å². The molecule has 0 unspecified atom stereocenters. The first-order valence-electron chi connectivity index (χ1n) is 9.99. The molecule has 30 heavy (non-hydrogen) atoms. The van der Waals surface area contributed by atoms with Gasteiger partial charge in [-0.05, 0) is 50.9 Å². The molecule has 1 aromatic heterocycles. The molecular weight excluding hydrogens is 372 g/mol. The molecule has 0 fully saturated rings. The number of aromatic nitrogens is 1. The lowest BCUT2D eigenvalue weighted by molar-refractivity contribution is 0.414. The minimum Gasteiger partial charge on any atom is -0.496 e. The van der Waals surface area contributed by atoms with Gasteiger partial charge in [-0.3, -0.25) is 0 Å². The molecule has 0 aliphatic heterocycles. The second-order valence-corrected chi connectivity index (χ2v) is 7.30. The Morgan fingerprint density at radius 1 is 0.867 bits per heavy atom. The number of benzene rings is 4. The minimum absolute atomic E-state index is 0.702. The van der Waals surface area contributed by atoms with E-state index in [1.54, 1.807) is 13.3 Å². The first-order valence-corrected chi connectivity index (χ1v) is 9.99. The van der Waals surface area contributed by atoms with Crippen LogP contribution in [0.4, 0.5) is 0 Å². The number of nitrogens with one attached hydrogen (secondary N) is 1. The number of ether oxygens (including phenoxy) is 1. The monoisotopic (exact) mass is 394 g/mol. The standard InChI is InChI=1S/C26H22N2O2/c1-29-25-12-18(10-11-23(25)26-16-28-17-30-26)14-27-15-24-21-8-4-2-6-19(21)13-20-7-3-5-9-22(20)24/h2-13,16-17,27H,14-15H2,1H3. The molecule has 4 heteroatoms. The van der Waals surface area contributed by atoms with Gasteiger partial charge in [0.1, 0.15) is 5.75 Å². The quantitative estimate of drug-likeness (QED) is 0.362. The van der Waals surface area contributed by atoms with Gasteiger partial charge in [0.05, 0.1) is 18.9 Å². The molecule has 4 aromatic carbocycles. The molecule has 0 radical (unpaired) electrons. The summed E-state index contributed by atoms with van der Waals surface area (Å²) in [5.74, 6) is 1.48. The maximum absolute atomic E-state index is 5.57. The molecule has 148 valence electrons. The summed E-state index contributed by atoms with van der Waals surface area (Å²) in [7, 11) is 1.68. The van der Waals surface area contributed by atoms with Gasteiger partial charge in [0.25, 0.3) is 0 Å². The van der Waals surface area contributed by atoms with Crippen LogP contribution in [-0.4, -0.2) is 12.1 Å². The Labute approximate surface area is 175 Å². The predicted molar refractivity (Wildman–Crippen MR) is 120 cm³/mol. The van der Waals surface area contributed by atoms with E-state index < -0.39 is 0 Å². The van der Waals surface area contributed by atoms with E-state index in [4.69, 9.17) is 9.15 Å². The zero-order chi connectivity index (χ0) is 20.3. The average Bonchev–Trinajstić information content (AvgIpc) is 3.33. The van der Waals surface area contributed by atoms with Gasteiger partial charge >= 0.3 is 0 Å². The highest BCUT2D eigenvalue weighted by Crippen LogP contribution is 2.31. The third-order valence-corrected chi connectivity index (χ3v) is 5.48. The van der Waals surface area contributed by atoms with E-state index in [0.29, 0.717) is 5.76 Å². The molecule has 0 saturated heterocycles. The maximum atomic E-state index is 5.57. The summed E-state index contributed by atoms with van der Waals surface area (Å²) in [6.07, 6.45) is 3.13. The van der Waals surface area contributed by atoms with Crippen LogP contribution in [0.2, 0.25) is 0 Å². The Bertz CT molecular complexity index is 1260. The van der Waals surface area contributed by atoms with Crippen molar-refractivity contribution < 1.29 is 9.15 Å². The highest BCUT2D eigenvalue weighted by Gasteiger charge is 2.11. The van der Waals surface area contributed by atoms with Gasteiger partial charge in [-0.1, -0.05) is 54.6 Å². The Hall–Kier alpha value is -3.63. The van der Waals surface area contributed by atoms with Crippen molar-refractivity contribution in [2.75, 3.05) is 7.11 Å². The van der Waals surface area contributed by atoms with E-state index in [9.17, 15) is 0 Å². The molecule has 0 aliphatic rings. The molecule has 1 heterocycles. The molecule has 0 bridgehead atoms. The summed E-state index contributed by atoms with van der Waals surface area (Å²) in [5, 5.41) is 8.74. The largest absolute Gasteiger partial charge is 0.496 e. The molecule has 4 nitrogen and oxygen atoms in total. The van der Waals surface area contributed by atoms with E-state index in [2.05, 4.69) is 71.0 Å². The fourth-order valence-corrected chi connectivity index (χ4v) is 4.03. The molecule has 1 N–H and O–H groups in total. The van der Waals surface area contributed by atoms with Crippen molar-refractivity contribution in [2.24, 2.45) is 0 Å². The summed E-state index contributed by atoms with van der Waals surface area (Å²) < 4.78 is 11.0. The van der Waals surface area contributed by atoms with Crippen molar-refractivity contribution in [2.45, 2.75) is 13.1 Å². The minimum atomic E-state index is 0.702. The Morgan fingerprint density at radius 2 is 1.60 bits per heavy atom. The van der Waals surface area contributed by atoms with Crippen LogP contribution in [-0.2, 0) is 13.1 Å². The van der Waals surface area contributed by atoms with Crippen LogP contribution in [0.25, 0.3) is 32.9 Å². The number of nitrogens with zero attached hydrogens (tertiary/aromatic N) is 1. The number of oxazole rings is 1. The van der Waals surface area contributed by atoms with Gasteiger partial charge in [-0.15, -0.1) is 0 Å². The predicted octanol–water partition coefficient (Wildman–Crippen LogP) is 5.95. The number of fused-ring (bicyclic) bond motifs is 2. The SMILES string of the molecule is COc1cc(CNCc2c3ccccc3cc3ccccc23)ccc1-c1cnco1. The number of hydrogen-bond donors (Lipinski definition) is 1. The van der Waals surface area contributed by atoms with Gasteiger partial charge in [0.2, 0.25) is 0 Å². The van der Waals surface area contributed by atoms with Gasteiger partial charge < -0.3 is 14.5 Å². The highest BCUT2D eigenvalue weighted by atomic mass is 16.5. The topological polar surface area (TPSA) is 47.3 Å². The van der Waals surface area contributed by atoms with E-state index in [1.165, 1.54) is 33.5 Å². The van der Waals surface area contributed by atoms with Crippen molar-refractivity contribution in [1.29, 1.82) is 0 Å². The van der Waals surface area contributed by atoms with Crippen molar-refractivity contribution >= 4 is 21.5 Å². The van der Waals surface area contributed by atoms with Gasteiger partial charge in [-0.2, -0.15) is 0 Å². The molecule has 0 spiro atoms. The second kappa shape index (κ2) is 8.01. The first kappa shape index (κ1) is 18.4. The normalized spacial score (nSPS) is 11.2. The fourth-order valence-electron chi connectivity index (χ4n) is 4.03. The lowest BCUT2D eigenvalue weighted by atomic mass is 9.96. The van der Waals surface area contributed by atoms with E-state index in [0.717, 1.165) is 30.0 Å². The van der Waals surface area contributed by atoms with Crippen molar-refractivity contribution in [3.63, 3.8) is 0 Å². The van der Waals surface area contributed by atoms with Crippen molar-refractivity contribution in [1.82, 2.24) is 10.3 Å². The van der Waals surface area contributed by atoms with E-state index in [1.807, 2.05) is 12.1 Å². The third-order valence-electron chi connectivity index (χ3n) is 5.48. The van der Waals surface area contributed by atoms with Gasteiger partial charge in [-0.25, -0.2) is 4.98 Å². The van der Waals surface area contributed by atoms with Crippen molar-refractivity contribution in [3.05, 3.63) is 96.5 Å². The lowest BCUT2D eigenvalue weighted by Gasteiger charge is -2.13. The molecule has 5 rings (SSSR count). The van der Waals surface area contributed by atoms with Crippen LogP contribution in [0.5, 0.6) is 5.75 Å². The maximum Gasteiger partial charge on any atom is 0.181 e. The number of hydrogen-bond acceptors (Lipinski definition) is 4. The zero-order valence-corrected chi connectivity index (χ0v) is 16.8. The Balaban J connectivity index is 1.41. The molecule has 0 atom stereocenters. The van der Waals surface area contributed by atoms with Crippen LogP contribution in [0.15, 0.2) is 89.8 Å². The fraction of sp³-hybridized carbons (Fsp3) is 0.115.